The molecule has 0 saturated carbocycles. The average Bonchev–Trinajstić information content (AvgIpc) is 3.33. The van der Waals surface area contributed by atoms with Gasteiger partial charge in [-0.1, -0.05) is 36.4 Å². The molecule has 2 aromatic carbocycles. The van der Waals surface area contributed by atoms with Crippen LogP contribution in [0.4, 0.5) is 5.82 Å². The number of piperidine rings is 1. The van der Waals surface area contributed by atoms with Crippen molar-refractivity contribution in [2.24, 2.45) is 5.92 Å². The van der Waals surface area contributed by atoms with Crippen LogP contribution in [0.25, 0.3) is 16.8 Å². The molecule has 34 heavy (non-hydrogen) atoms. The van der Waals surface area contributed by atoms with Crippen molar-refractivity contribution in [3.63, 3.8) is 0 Å². The highest BCUT2D eigenvalue weighted by molar-refractivity contribution is 5.80. The summed E-state index contributed by atoms with van der Waals surface area (Å²) in [5.74, 6) is 1.87. The number of aryl methyl sites for hydroxylation is 1. The smallest absolute Gasteiger partial charge is 0.223 e. The van der Waals surface area contributed by atoms with E-state index in [2.05, 4.69) is 40.3 Å². The van der Waals surface area contributed by atoms with Gasteiger partial charge in [0.15, 0.2) is 5.82 Å². The Hall–Kier alpha value is -3.87. The fourth-order valence-corrected chi connectivity index (χ4v) is 4.56. The maximum absolute atomic E-state index is 12.8. The minimum absolute atomic E-state index is 0.0252. The minimum atomic E-state index is 0.0252. The predicted molar refractivity (Wildman–Crippen MR) is 133 cm³/mol. The third kappa shape index (κ3) is 4.46. The van der Waals surface area contributed by atoms with Gasteiger partial charge < -0.3 is 15.0 Å². The quantitative estimate of drug-likeness (QED) is 0.471. The van der Waals surface area contributed by atoms with Crippen LogP contribution in [0.1, 0.15) is 24.0 Å². The molecule has 1 fully saturated rings. The normalized spacial score (nSPS) is 14.4. The third-order valence-corrected chi connectivity index (χ3v) is 6.61. The van der Waals surface area contributed by atoms with Crippen LogP contribution in [0.3, 0.4) is 0 Å². The van der Waals surface area contributed by atoms with E-state index in [0.717, 1.165) is 59.8 Å². The van der Waals surface area contributed by atoms with Crippen molar-refractivity contribution in [2.45, 2.75) is 26.3 Å². The van der Waals surface area contributed by atoms with Gasteiger partial charge in [-0.2, -0.15) is 5.10 Å². The number of anilines is 1. The number of fused-ring (bicyclic) bond motifs is 1. The van der Waals surface area contributed by atoms with Gasteiger partial charge in [0.25, 0.3) is 0 Å². The molecule has 1 amide bonds. The second-order valence-electron chi connectivity index (χ2n) is 8.75. The Labute approximate surface area is 199 Å². The number of carbonyl (C=O) groups excluding carboxylic acids is 1. The lowest BCUT2D eigenvalue weighted by Crippen LogP contribution is -2.40. The van der Waals surface area contributed by atoms with Gasteiger partial charge in [-0.05, 0) is 49.1 Å². The van der Waals surface area contributed by atoms with Crippen LogP contribution in [-0.4, -0.2) is 40.7 Å². The molecule has 2 aromatic heterocycles. The molecule has 4 aromatic rings. The zero-order chi connectivity index (χ0) is 23.5. The summed E-state index contributed by atoms with van der Waals surface area (Å²) in [6.07, 6.45) is 5.26. The number of hydrogen-bond acceptors (Lipinski definition) is 5. The van der Waals surface area contributed by atoms with Crippen molar-refractivity contribution < 1.29 is 9.53 Å². The largest absolute Gasteiger partial charge is 0.497 e. The standard InChI is InChI=1S/C27H29N5O2/c1-19-6-3-4-7-22(19)18-29-27(33)20-10-13-31(14-11-20)26-25-17-24(30-32(25)15-12-28-26)21-8-5-9-23(16-21)34-2/h3-9,12,15-17,20H,10-11,13-14,18H2,1-2H3,(H,29,33). The highest BCUT2D eigenvalue weighted by atomic mass is 16.5. The number of methoxy groups -OCH3 is 1. The molecule has 1 aliphatic rings. The maximum Gasteiger partial charge on any atom is 0.223 e. The molecule has 1 N–H and O–H groups in total. The van der Waals surface area contributed by atoms with Crippen molar-refractivity contribution in [3.05, 3.63) is 78.1 Å². The van der Waals surface area contributed by atoms with Gasteiger partial charge in [0.1, 0.15) is 11.3 Å². The van der Waals surface area contributed by atoms with Gasteiger partial charge in [-0.15, -0.1) is 0 Å². The van der Waals surface area contributed by atoms with Gasteiger partial charge in [-0.3, -0.25) is 4.79 Å². The van der Waals surface area contributed by atoms with Crippen LogP contribution in [-0.2, 0) is 11.3 Å². The fraction of sp³-hybridized carbons (Fsp3) is 0.296. The molecule has 7 nitrogen and oxygen atoms in total. The first kappa shape index (κ1) is 21.9. The Morgan fingerprint density at radius 2 is 1.94 bits per heavy atom. The molecule has 7 heteroatoms. The number of nitrogens with one attached hydrogen (secondary N) is 1. The summed E-state index contributed by atoms with van der Waals surface area (Å²) in [6, 6.07) is 18.1. The van der Waals surface area contributed by atoms with Crippen LogP contribution in [0.15, 0.2) is 67.0 Å². The number of ether oxygens (including phenoxy) is 1. The van der Waals surface area contributed by atoms with Crippen LogP contribution in [0.2, 0.25) is 0 Å². The van der Waals surface area contributed by atoms with Crippen LogP contribution in [0, 0.1) is 12.8 Å². The fourth-order valence-electron chi connectivity index (χ4n) is 4.56. The van der Waals surface area contributed by atoms with Crippen molar-refractivity contribution in [3.8, 4) is 17.0 Å². The molecule has 0 spiro atoms. The lowest BCUT2D eigenvalue weighted by atomic mass is 9.95. The second kappa shape index (κ2) is 9.55. The summed E-state index contributed by atoms with van der Waals surface area (Å²) in [4.78, 5) is 19.7. The maximum atomic E-state index is 12.8. The zero-order valence-corrected chi connectivity index (χ0v) is 19.6. The molecular weight excluding hydrogens is 426 g/mol. The van der Waals surface area contributed by atoms with E-state index in [9.17, 15) is 4.79 Å². The summed E-state index contributed by atoms with van der Waals surface area (Å²) in [7, 11) is 1.66. The molecule has 0 radical (unpaired) electrons. The van der Waals surface area contributed by atoms with Gasteiger partial charge in [0.05, 0.1) is 12.8 Å². The molecule has 5 rings (SSSR count). The highest BCUT2D eigenvalue weighted by Gasteiger charge is 2.26. The van der Waals surface area contributed by atoms with Crippen molar-refractivity contribution in [1.29, 1.82) is 0 Å². The van der Waals surface area contributed by atoms with Crippen molar-refractivity contribution in [2.75, 3.05) is 25.1 Å². The van der Waals surface area contributed by atoms with E-state index < -0.39 is 0 Å². The lowest BCUT2D eigenvalue weighted by molar-refractivity contribution is -0.125. The Kier molecular flexibility index (Phi) is 6.16. The number of aromatic nitrogens is 3. The summed E-state index contributed by atoms with van der Waals surface area (Å²) in [5.41, 5.74) is 5.20. The van der Waals surface area contributed by atoms with E-state index in [4.69, 9.17) is 9.84 Å². The second-order valence-corrected chi connectivity index (χ2v) is 8.75. The van der Waals surface area contributed by atoms with E-state index in [0.29, 0.717) is 6.54 Å². The Balaban J connectivity index is 1.27. The van der Waals surface area contributed by atoms with E-state index in [1.54, 1.807) is 13.3 Å². The highest BCUT2D eigenvalue weighted by Crippen LogP contribution is 2.29. The van der Waals surface area contributed by atoms with Crippen LogP contribution < -0.4 is 15.0 Å². The Morgan fingerprint density at radius 1 is 1.12 bits per heavy atom. The molecule has 0 bridgehead atoms. The minimum Gasteiger partial charge on any atom is -0.497 e. The Morgan fingerprint density at radius 3 is 2.74 bits per heavy atom. The number of nitrogens with zero attached hydrogens (tertiary/aromatic N) is 4. The zero-order valence-electron chi connectivity index (χ0n) is 19.6. The number of rotatable bonds is 6. The summed E-state index contributed by atoms with van der Waals surface area (Å²) >= 11 is 0. The van der Waals surface area contributed by atoms with E-state index >= 15 is 0 Å². The SMILES string of the molecule is COc1cccc(-c2cc3c(N4CCC(C(=O)NCc5ccccc5C)CC4)nccn3n2)c1. The first-order valence-electron chi connectivity index (χ1n) is 11.7. The van der Waals surface area contributed by atoms with Crippen LogP contribution in [0.5, 0.6) is 5.75 Å². The first-order chi connectivity index (χ1) is 16.6. The third-order valence-electron chi connectivity index (χ3n) is 6.61. The van der Waals surface area contributed by atoms with E-state index in [1.165, 1.54) is 5.56 Å². The average molecular weight is 456 g/mol. The van der Waals surface area contributed by atoms with Crippen molar-refractivity contribution in [1.82, 2.24) is 19.9 Å². The topological polar surface area (TPSA) is 71.8 Å². The summed E-state index contributed by atoms with van der Waals surface area (Å²) < 4.78 is 7.23. The molecule has 174 valence electrons. The number of amides is 1. The predicted octanol–water partition coefficient (Wildman–Crippen LogP) is 4.25. The van der Waals surface area contributed by atoms with E-state index in [-0.39, 0.29) is 11.8 Å². The molecular formula is C27H29N5O2. The first-order valence-corrected chi connectivity index (χ1v) is 11.7. The van der Waals surface area contributed by atoms with Crippen LogP contribution >= 0.6 is 0 Å². The Bertz CT molecular complexity index is 1310. The van der Waals surface area contributed by atoms with Gasteiger partial charge in [0, 0.05) is 43.5 Å². The summed E-state index contributed by atoms with van der Waals surface area (Å²) in [5, 5.41) is 7.87. The monoisotopic (exact) mass is 455 g/mol. The van der Waals surface area contributed by atoms with Gasteiger partial charge in [-0.25, -0.2) is 9.50 Å². The molecule has 0 atom stereocenters. The molecule has 3 heterocycles. The van der Waals surface area contributed by atoms with Gasteiger partial charge >= 0.3 is 0 Å². The molecule has 1 saturated heterocycles. The van der Waals surface area contributed by atoms with E-state index in [1.807, 2.05) is 47.1 Å². The lowest BCUT2D eigenvalue weighted by Gasteiger charge is -2.32. The van der Waals surface area contributed by atoms with Crippen molar-refractivity contribution >= 4 is 17.2 Å². The molecule has 0 aliphatic carbocycles. The number of carbonyl (C=O) groups is 1. The number of benzene rings is 2. The summed E-state index contributed by atoms with van der Waals surface area (Å²) in [6.45, 7) is 4.22. The molecule has 0 unspecified atom stereocenters. The molecule has 1 aliphatic heterocycles. The number of hydrogen-bond donors (Lipinski definition) is 1. The van der Waals surface area contributed by atoms with Gasteiger partial charge in [0.2, 0.25) is 5.91 Å².